The zero-order chi connectivity index (χ0) is 28.0. The largest absolute Gasteiger partial charge is 0.492 e. The van der Waals surface area contributed by atoms with Crippen molar-refractivity contribution in [3.63, 3.8) is 0 Å². The Morgan fingerprint density at radius 2 is 1.76 bits per heavy atom. The minimum atomic E-state index is -3.74. The van der Waals surface area contributed by atoms with Crippen molar-refractivity contribution in [2.75, 3.05) is 38.1 Å². The first-order valence-electron chi connectivity index (χ1n) is 14.2. The van der Waals surface area contributed by atoms with E-state index >= 15 is 0 Å². The predicted molar refractivity (Wildman–Crippen MR) is 160 cm³/mol. The maximum absolute atomic E-state index is 13.6. The number of amides is 1. The molecule has 3 aliphatic heterocycles. The monoisotopic (exact) mass is 568 g/mol. The summed E-state index contributed by atoms with van der Waals surface area (Å²) in [6.45, 7) is 4.65. The Balaban J connectivity index is 1.13. The minimum Gasteiger partial charge on any atom is -0.492 e. The highest BCUT2D eigenvalue weighted by molar-refractivity contribution is 7.89. The number of anilines is 1. The van der Waals surface area contributed by atoms with E-state index in [-0.39, 0.29) is 10.8 Å². The van der Waals surface area contributed by atoms with Crippen molar-refractivity contribution in [1.82, 2.24) is 14.2 Å². The van der Waals surface area contributed by atoms with Crippen LogP contribution in [0.15, 0.2) is 71.6 Å². The molecule has 2 N–H and O–H groups in total. The van der Waals surface area contributed by atoms with Gasteiger partial charge in [-0.3, -0.25) is 9.69 Å². The zero-order valence-electron chi connectivity index (χ0n) is 22.7. The number of hydrogen-bond donors (Lipinski definition) is 2. The molecule has 3 aromatic carbocycles. The van der Waals surface area contributed by atoms with Gasteiger partial charge in [0.1, 0.15) is 12.4 Å². The van der Waals surface area contributed by atoms with E-state index in [4.69, 9.17) is 4.74 Å². The summed E-state index contributed by atoms with van der Waals surface area (Å²) in [5.41, 5.74) is 5.52. The third-order valence-electron chi connectivity index (χ3n) is 8.30. The number of rotatable bonds is 7. The van der Waals surface area contributed by atoms with E-state index < -0.39 is 10.0 Å². The van der Waals surface area contributed by atoms with E-state index in [9.17, 15) is 13.2 Å². The molecule has 1 fully saturated rings. The molecule has 0 aliphatic carbocycles. The number of aromatic nitrogens is 1. The van der Waals surface area contributed by atoms with E-state index in [0.717, 1.165) is 47.5 Å². The number of H-pyrrole nitrogens is 1. The van der Waals surface area contributed by atoms with Crippen LogP contribution in [0.3, 0.4) is 0 Å². The molecule has 0 bridgehead atoms. The van der Waals surface area contributed by atoms with Crippen LogP contribution in [0.2, 0.25) is 0 Å². The van der Waals surface area contributed by atoms with Crippen LogP contribution in [0.4, 0.5) is 5.69 Å². The molecule has 1 saturated heterocycles. The van der Waals surface area contributed by atoms with Crippen molar-refractivity contribution in [1.29, 1.82) is 0 Å². The lowest BCUT2D eigenvalue weighted by molar-refractivity contribution is -0.110. The van der Waals surface area contributed by atoms with Crippen molar-refractivity contribution in [2.45, 2.75) is 30.7 Å². The molecule has 0 radical (unpaired) electrons. The molecule has 0 saturated carbocycles. The first kappa shape index (κ1) is 26.0. The van der Waals surface area contributed by atoms with Gasteiger partial charge in [0.2, 0.25) is 10.0 Å². The second-order valence-corrected chi connectivity index (χ2v) is 12.9. The first-order valence-corrected chi connectivity index (χ1v) is 15.6. The number of aromatic amines is 1. The molecule has 3 aliphatic rings. The lowest BCUT2D eigenvalue weighted by atomic mass is 10.0. The summed E-state index contributed by atoms with van der Waals surface area (Å²) in [5.74, 6) is 0.556. The molecule has 41 heavy (non-hydrogen) atoms. The molecule has 1 amide bonds. The molecular weight excluding hydrogens is 536 g/mol. The summed E-state index contributed by atoms with van der Waals surface area (Å²) in [4.78, 5) is 18.9. The number of hydrogen-bond acceptors (Lipinski definition) is 5. The van der Waals surface area contributed by atoms with Crippen molar-refractivity contribution in [3.8, 4) is 5.75 Å². The van der Waals surface area contributed by atoms with E-state index in [1.165, 1.54) is 22.7 Å². The lowest BCUT2D eigenvalue weighted by Crippen LogP contribution is -2.35. The van der Waals surface area contributed by atoms with Gasteiger partial charge in [-0.2, -0.15) is 4.31 Å². The van der Waals surface area contributed by atoms with Crippen LogP contribution in [0.1, 0.15) is 35.2 Å². The van der Waals surface area contributed by atoms with Gasteiger partial charge in [-0.05, 0) is 92.0 Å². The second-order valence-electron chi connectivity index (χ2n) is 10.9. The topological polar surface area (TPSA) is 94.7 Å². The molecule has 4 aromatic rings. The lowest BCUT2D eigenvalue weighted by Gasteiger charge is -2.28. The predicted octanol–water partition coefficient (Wildman–Crippen LogP) is 4.88. The van der Waals surface area contributed by atoms with Crippen molar-refractivity contribution in [2.24, 2.45) is 0 Å². The molecular formula is C32H32N4O4S. The molecule has 8 nitrogen and oxygen atoms in total. The van der Waals surface area contributed by atoms with Gasteiger partial charge in [0.15, 0.2) is 0 Å². The highest BCUT2D eigenvalue weighted by Crippen LogP contribution is 2.36. The molecule has 9 heteroatoms. The number of sulfonamides is 1. The molecule has 0 spiro atoms. The number of nitrogens with one attached hydrogen (secondary N) is 2. The molecule has 4 heterocycles. The van der Waals surface area contributed by atoms with Crippen molar-refractivity contribution < 1.29 is 17.9 Å². The van der Waals surface area contributed by atoms with Crippen LogP contribution in [-0.2, 0) is 27.8 Å². The number of carbonyl (C=O) groups is 1. The van der Waals surface area contributed by atoms with Crippen LogP contribution in [-0.4, -0.2) is 61.3 Å². The standard InChI is InChI=1S/C32H32N4O4S/c37-32-29(19-25-17-24-18-26(7-9-30(24)33-25)40-16-15-35-12-3-4-13-35)28-20-27(8-10-31(28)34-32)41(38,39)36-14-11-22-5-1-2-6-23(22)21-36/h1-2,5-10,17-20,33H,3-4,11-16,21H2,(H,34,37). The Kier molecular flexibility index (Phi) is 6.65. The second kappa shape index (κ2) is 10.5. The highest BCUT2D eigenvalue weighted by atomic mass is 32.2. The molecule has 1 aromatic heterocycles. The average Bonchev–Trinajstić information content (AvgIpc) is 3.72. The Morgan fingerprint density at radius 3 is 2.61 bits per heavy atom. The van der Waals surface area contributed by atoms with Crippen LogP contribution >= 0.6 is 0 Å². The zero-order valence-corrected chi connectivity index (χ0v) is 23.5. The van der Waals surface area contributed by atoms with Crippen LogP contribution in [0.5, 0.6) is 5.75 Å². The van der Waals surface area contributed by atoms with Gasteiger partial charge in [-0.1, -0.05) is 24.3 Å². The van der Waals surface area contributed by atoms with Crippen molar-refractivity contribution >= 4 is 44.2 Å². The fourth-order valence-electron chi connectivity index (χ4n) is 6.05. The van der Waals surface area contributed by atoms with Gasteiger partial charge < -0.3 is 15.0 Å². The maximum Gasteiger partial charge on any atom is 0.256 e. The van der Waals surface area contributed by atoms with Crippen LogP contribution in [0.25, 0.3) is 22.6 Å². The fraction of sp³-hybridized carbons (Fsp3) is 0.281. The summed E-state index contributed by atoms with van der Waals surface area (Å²) < 4.78 is 34.8. The molecule has 7 rings (SSSR count). The number of likely N-dealkylation sites (tertiary alicyclic amines) is 1. The normalized spacial score (nSPS) is 18.5. The Morgan fingerprint density at radius 1 is 0.927 bits per heavy atom. The van der Waals surface area contributed by atoms with Gasteiger partial charge in [-0.15, -0.1) is 0 Å². The number of nitrogens with zero attached hydrogens (tertiary/aromatic N) is 2. The van der Waals surface area contributed by atoms with E-state index in [0.29, 0.717) is 42.9 Å². The maximum atomic E-state index is 13.6. The van der Waals surface area contributed by atoms with Gasteiger partial charge in [0.05, 0.1) is 10.5 Å². The third-order valence-corrected chi connectivity index (χ3v) is 10.1. The average molecular weight is 569 g/mol. The quantitative estimate of drug-likeness (QED) is 0.310. The van der Waals surface area contributed by atoms with E-state index in [2.05, 4.69) is 21.3 Å². The number of benzene rings is 3. The van der Waals surface area contributed by atoms with Gasteiger partial charge >= 0.3 is 0 Å². The summed E-state index contributed by atoms with van der Waals surface area (Å²) in [5, 5.41) is 3.86. The molecule has 210 valence electrons. The summed E-state index contributed by atoms with van der Waals surface area (Å²) in [6.07, 6.45) is 4.99. The van der Waals surface area contributed by atoms with Gasteiger partial charge in [0.25, 0.3) is 5.91 Å². The SMILES string of the molecule is O=C1Nc2ccc(S(=O)(=O)N3CCc4ccccc4C3)cc2C1=Cc1cc2cc(OCCN3CCCC3)ccc2[nH]1. The Hall–Kier alpha value is -3.92. The van der Waals surface area contributed by atoms with E-state index in [1.807, 2.05) is 42.5 Å². The summed E-state index contributed by atoms with van der Waals surface area (Å²) in [6, 6.07) is 20.7. The Labute approximate surface area is 239 Å². The number of ether oxygens (including phenoxy) is 1. The van der Waals surface area contributed by atoms with Gasteiger partial charge in [-0.25, -0.2) is 8.42 Å². The summed E-state index contributed by atoms with van der Waals surface area (Å²) in [7, 11) is -3.74. The minimum absolute atomic E-state index is 0.186. The molecule has 0 unspecified atom stereocenters. The number of fused-ring (bicyclic) bond motifs is 3. The first-order chi connectivity index (χ1) is 19.9. The van der Waals surface area contributed by atoms with Crippen molar-refractivity contribution in [3.05, 3.63) is 89.1 Å². The smallest absolute Gasteiger partial charge is 0.256 e. The number of carbonyl (C=O) groups excluding carboxylic acids is 1. The summed E-state index contributed by atoms with van der Waals surface area (Å²) >= 11 is 0. The van der Waals surface area contributed by atoms with Gasteiger partial charge in [0, 0.05) is 47.5 Å². The van der Waals surface area contributed by atoms with Crippen LogP contribution in [0, 0.1) is 0 Å². The fourth-order valence-corrected chi connectivity index (χ4v) is 7.50. The van der Waals surface area contributed by atoms with E-state index in [1.54, 1.807) is 24.3 Å². The third kappa shape index (κ3) is 5.05. The Bertz CT molecular complexity index is 1790. The molecule has 0 atom stereocenters. The van der Waals surface area contributed by atoms with Crippen LogP contribution < -0.4 is 10.1 Å². The highest BCUT2D eigenvalue weighted by Gasteiger charge is 2.31.